The van der Waals surface area contributed by atoms with Crippen LogP contribution in [0, 0.1) is 0 Å². The van der Waals surface area contributed by atoms with Gasteiger partial charge < -0.3 is 9.47 Å². The predicted octanol–water partition coefficient (Wildman–Crippen LogP) is 3.51. The molecule has 7 nitrogen and oxygen atoms in total. The van der Waals surface area contributed by atoms with E-state index in [4.69, 9.17) is 0 Å². The first-order valence-corrected chi connectivity index (χ1v) is 9.63. The summed E-state index contributed by atoms with van der Waals surface area (Å²) in [5.74, 6) is 0.280. The van der Waals surface area contributed by atoms with E-state index in [9.17, 15) is 4.79 Å². The minimum Gasteiger partial charge on any atom is -0.309 e. The number of amides is 1. The van der Waals surface area contributed by atoms with E-state index < -0.39 is 0 Å². The van der Waals surface area contributed by atoms with Gasteiger partial charge in [-0.05, 0) is 31.3 Å². The number of aromatic amines is 1. The molecule has 2 aromatic heterocycles. The molecule has 0 radical (unpaired) electrons. The third-order valence-corrected chi connectivity index (χ3v) is 5.10. The summed E-state index contributed by atoms with van der Waals surface area (Å²) in [6.07, 6.45) is 0. The van der Waals surface area contributed by atoms with Gasteiger partial charge >= 0.3 is 0 Å². The second kappa shape index (κ2) is 7.82. The van der Waals surface area contributed by atoms with Gasteiger partial charge in [0.1, 0.15) is 0 Å². The van der Waals surface area contributed by atoms with Crippen LogP contribution in [0.4, 0.5) is 5.95 Å². The molecular formula is C21H24N6O. The molecule has 0 saturated carbocycles. The number of carbonyl (C=O) groups is 1. The molecule has 7 heteroatoms. The van der Waals surface area contributed by atoms with Crippen molar-refractivity contribution in [1.82, 2.24) is 24.6 Å². The maximum Gasteiger partial charge on any atom is 0.279 e. The molecule has 0 aliphatic rings. The van der Waals surface area contributed by atoms with Crippen LogP contribution in [0.1, 0.15) is 24.3 Å². The second-order valence-electron chi connectivity index (χ2n) is 6.67. The number of nitrogens with zero attached hydrogens (tertiary/aromatic N) is 4. The molecule has 0 bridgehead atoms. The molecule has 2 aromatic carbocycles. The number of H-pyrrole nitrogens is 1. The maximum atomic E-state index is 12.9. The molecule has 28 heavy (non-hydrogen) atoms. The van der Waals surface area contributed by atoms with E-state index in [2.05, 4.69) is 43.8 Å². The van der Waals surface area contributed by atoms with Gasteiger partial charge in [0.2, 0.25) is 5.95 Å². The lowest BCUT2D eigenvalue weighted by Gasteiger charge is -2.19. The van der Waals surface area contributed by atoms with Gasteiger partial charge in [-0.2, -0.15) is 5.10 Å². The topological polar surface area (TPSA) is 78.8 Å². The predicted molar refractivity (Wildman–Crippen MR) is 112 cm³/mol. The highest BCUT2D eigenvalue weighted by Crippen LogP contribution is 2.21. The zero-order valence-corrected chi connectivity index (χ0v) is 16.1. The molecule has 0 aliphatic carbocycles. The van der Waals surface area contributed by atoms with Crippen LogP contribution in [0.3, 0.4) is 0 Å². The number of para-hydroxylation sites is 3. The summed E-state index contributed by atoms with van der Waals surface area (Å²) < 4.78 is 2.07. The Hall–Kier alpha value is -3.19. The summed E-state index contributed by atoms with van der Waals surface area (Å²) in [4.78, 5) is 19.9. The number of imidazole rings is 1. The van der Waals surface area contributed by atoms with Crippen LogP contribution < -0.4 is 5.32 Å². The Bertz CT molecular complexity index is 1110. The Balaban J connectivity index is 1.66. The first-order chi connectivity index (χ1) is 13.7. The number of hydrogen-bond acceptors (Lipinski definition) is 4. The van der Waals surface area contributed by atoms with Crippen molar-refractivity contribution < 1.29 is 4.79 Å². The maximum absolute atomic E-state index is 12.9. The summed E-state index contributed by atoms with van der Waals surface area (Å²) in [6, 6.07) is 15.5. The largest absolute Gasteiger partial charge is 0.309 e. The first kappa shape index (κ1) is 18.2. The summed E-state index contributed by atoms with van der Waals surface area (Å²) in [5, 5.41) is 10.9. The number of hydrogen-bond donors (Lipinski definition) is 2. The zero-order valence-electron chi connectivity index (χ0n) is 16.1. The fourth-order valence-corrected chi connectivity index (χ4v) is 3.48. The van der Waals surface area contributed by atoms with Crippen LogP contribution in [-0.4, -0.2) is 50.2 Å². The minimum atomic E-state index is -0.267. The average Bonchev–Trinajstić information content (AvgIpc) is 3.30. The summed E-state index contributed by atoms with van der Waals surface area (Å²) in [5.41, 5.74) is 3.08. The highest BCUT2D eigenvalue weighted by Gasteiger charge is 2.18. The monoisotopic (exact) mass is 376 g/mol. The summed E-state index contributed by atoms with van der Waals surface area (Å²) in [7, 11) is 0. The van der Waals surface area contributed by atoms with E-state index in [1.807, 2.05) is 48.5 Å². The third kappa shape index (κ3) is 3.36. The third-order valence-electron chi connectivity index (χ3n) is 5.10. The van der Waals surface area contributed by atoms with Gasteiger partial charge in [-0.1, -0.05) is 44.2 Å². The zero-order chi connectivity index (χ0) is 19.5. The standard InChI is InChI=1S/C21H24N6O/c1-3-26(4-2)13-14-27-18-12-8-7-11-17(18)22-21(27)23-20(28)19-15-9-5-6-10-16(15)24-25-19/h5-12H,3-4,13-14H2,1-2H3,(H,24,25)(H,22,23,28). The normalized spacial score (nSPS) is 11.5. The van der Waals surface area contributed by atoms with Gasteiger partial charge in [0.05, 0.1) is 16.6 Å². The number of nitrogens with one attached hydrogen (secondary N) is 2. The quantitative estimate of drug-likeness (QED) is 0.517. The van der Waals surface area contributed by atoms with E-state index in [0.29, 0.717) is 11.6 Å². The van der Waals surface area contributed by atoms with Crippen LogP contribution in [0.2, 0.25) is 0 Å². The Morgan fingerprint density at radius 2 is 1.86 bits per heavy atom. The Kier molecular flexibility index (Phi) is 5.08. The van der Waals surface area contributed by atoms with Crippen LogP contribution in [0.5, 0.6) is 0 Å². The van der Waals surface area contributed by atoms with Crippen LogP contribution >= 0.6 is 0 Å². The van der Waals surface area contributed by atoms with Crippen LogP contribution in [-0.2, 0) is 6.54 Å². The Morgan fingerprint density at radius 1 is 1.11 bits per heavy atom. The van der Waals surface area contributed by atoms with E-state index in [1.54, 1.807) is 0 Å². The van der Waals surface area contributed by atoms with Crippen molar-refractivity contribution in [2.24, 2.45) is 0 Å². The lowest BCUT2D eigenvalue weighted by atomic mass is 10.2. The molecular weight excluding hydrogens is 352 g/mol. The number of fused-ring (bicyclic) bond motifs is 2. The minimum absolute atomic E-state index is 0.267. The summed E-state index contributed by atoms with van der Waals surface area (Å²) in [6.45, 7) is 7.93. The summed E-state index contributed by atoms with van der Waals surface area (Å²) >= 11 is 0. The molecule has 4 aromatic rings. The van der Waals surface area contributed by atoms with Crippen molar-refractivity contribution in [1.29, 1.82) is 0 Å². The average molecular weight is 376 g/mol. The van der Waals surface area contributed by atoms with Crippen LogP contribution in [0.25, 0.3) is 21.9 Å². The van der Waals surface area contributed by atoms with Crippen molar-refractivity contribution in [2.75, 3.05) is 25.0 Å². The Morgan fingerprint density at radius 3 is 2.68 bits per heavy atom. The number of anilines is 1. The second-order valence-corrected chi connectivity index (χ2v) is 6.67. The molecule has 0 unspecified atom stereocenters. The van der Waals surface area contributed by atoms with Gasteiger partial charge in [-0.15, -0.1) is 0 Å². The van der Waals surface area contributed by atoms with Gasteiger partial charge in [-0.25, -0.2) is 4.98 Å². The van der Waals surface area contributed by atoms with Crippen molar-refractivity contribution in [3.63, 3.8) is 0 Å². The molecule has 0 spiro atoms. The van der Waals surface area contributed by atoms with Gasteiger partial charge in [-0.3, -0.25) is 15.2 Å². The lowest BCUT2D eigenvalue weighted by molar-refractivity contribution is 0.102. The van der Waals surface area contributed by atoms with Crippen molar-refractivity contribution in [2.45, 2.75) is 20.4 Å². The number of rotatable bonds is 7. The molecule has 0 aliphatic heterocycles. The van der Waals surface area contributed by atoms with E-state index in [-0.39, 0.29) is 5.91 Å². The SMILES string of the molecule is CCN(CC)CCn1c(NC(=O)c2n[nH]c3ccccc23)nc2ccccc21. The van der Waals surface area contributed by atoms with E-state index in [0.717, 1.165) is 48.1 Å². The molecule has 0 saturated heterocycles. The number of carbonyl (C=O) groups excluding carboxylic acids is 1. The number of likely N-dealkylation sites (N-methyl/N-ethyl adjacent to an activating group) is 1. The van der Waals surface area contributed by atoms with Crippen molar-refractivity contribution in [3.05, 3.63) is 54.2 Å². The lowest BCUT2D eigenvalue weighted by Crippen LogP contribution is -2.27. The van der Waals surface area contributed by atoms with Gasteiger partial charge in [0, 0.05) is 18.5 Å². The van der Waals surface area contributed by atoms with Gasteiger partial charge in [0.25, 0.3) is 5.91 Å². The highest BCUT2D eigenvalue weighted by molar-refractivity contribution is 6.10. The molecule has 0 fully saturated rings. The van der Waals surface area contributed by atoms with Crippen LogP contribution in [0.15, 0.2) is 48.5 Å². The van der Waals surface area contributed by atoms with E-state index in [1.165, 1.54) is 0 Å². The molecule has 1 amide bonds. The number of benzene rings is 2. The molecule has 0 atom stereocenters. The Labute approximate surface area is 163 Å². The molecule has 144 valence electrons. The van der Waals surface area contributed by atoms with Crippen molar-refractivity contribution in [3.8, 4) is 0 Å². The molecule has 4 rings (SSSR count). The van der Waals surface area contributed by atoms with E-state index >= 15 is 0 Å². The van der Waals surface area contributed by atoms with Crippen molar-refractivity contribution >= 4 is 33.8 Å². The van der Waals surface area contributed by atoms with Gasteiger partial charge in [0.15, 0.2) is 5.69 Å². The first-order valence-electron chi connectivity index (χ1n) is 9.63. The highest BCUT2D eigenvalue weighted by atomic mass is 16.2. The smallest absolute Gasteiger partial charge is 0.279 e. The molecule has 2 N–H and O–H groups in total. The molecule has 2 heterocycles. The fraction of sp³-hybridized carbons (Fsp3) is 0.286. The fourth-order valence-electron chi connectivity index (χ4n) is 3.48. The number of aromatic nitrogens is 4.